The predicted octanol–water partition coefficient (Wildman–Crippen LogP) is 20.1. The number of benzene rings is 10. The summed E-state index contributed by atoms with van der Waals surface area (Å²) in [6, 6.07) is 71.6. The molecule has 10 aromatic rings. The minimum absolute atomic E-state index is 0.00700. The van der Waals surface area contributed by atoms with Crippen LogP contribution in [-0.4, -0.2) is 93.5 Å². The zero-order chi connectivity index (χ0) is 77.6. The molecule has 552 valence electrons. The van der Waals surface area contributed by atoms with Crippen LogP contribution in [0.1, 0.15) is 64.5 Å². The molecule has 4 amide bonds. The number of esters is 1. The molecule has 0 aromatic heterocycles. The lowest BCUT2D eigenvalue weighted by Gasteiger charge is -2.11. The standard InChI is InChI=1S/C23H22N4O5.C20H18N4O.C14H14N2O3S.C13H12N2.C2H6O3S.C2H6O.C2H6.CH4O/c1-14-3-9-20(15(11-14)13-28)25-23(31)24-16-4-6-17(7-5-16)26-27-18-8-10-21(29)19(12-18)22(30)32-2;1-15-7-9-16(10-8-15)21-20(25)22-17-11-13-19(14-12-17)24-23-18-5-3-2-4-6-18;1-11-2-6-13(7-3-11)15-16-14-8-4-12(5-9-14)10-20(17,18)19;1-11-7-9-13(10-8-11)15-14-12-5-3-2-4-6-12;1-2-6(3,4)5;1-3-2;2*1-2/h3-12,28-29H,13H2,1-2H3,(H2,24,25,31);2-14H,1H3,(H2,21,22,25);2-9H,10H2,1H3,(H,17,18,19);2-10H,1H3;2H2,1H3,(H,3,4,5);1-2H3;1-2H3;2H,1H3. The highest BCUT2D eigenvalue weighted by Crippen LogP contribution is 2.28. The summed E-state index contributed by atoms with van der Waals surface area (Å²) in [5.74, 6) is -1.48. The van der Waals surface area contributed by atoms with Gasteiger partial charge >= 0.3 is 18.0 Å². The fourth-order valence-corrected chi connectivity index (χ4v) is 8.43. The number of nitrogens with zero attached hydrogens (tertiary/aromatic N) is 8. The highest BCUT2D eigenvalue weighted by Gasteiger charge is 2.13. The first-order chi connectivity index (χ1) is 50.3. The Bertz CT molecular complexity index is 4580. The summed E-state index contributed by atoms with van der Waals surface area (Å²) in [7, 11) is -2.20. The highest BCUT2D eigenvalue weighted by molar-refractivity contribution is 7.85. The van der Waals surface area contributed by atoms with Gasteiger partial charge < -0.3 is 46.1 Å². The van der Waals surface area contributed by atoms with Gasteiger partial charge in [0.15, 0.2) is 0 Å². The van der Waals surface area contributed by atoms with Crippen LogP contribution in [0.3, 0.4) is 0 Å². The third kappa shape index (κ3) is 37.0. The molecular formula is C77H88N12O14S2. The summed E-state index contributed by atoms with van der Waals surface area (Å²) in [5, 5.41) is 70.0. The van der Waals surface area contributed by atoms with Gasteiger partial charge in [0.2, 0.25) is 0 Å². The molecule has 0 radical (unpaired) electrons. The maximum atomic E-state index is 12.3. The number of aliphatic hydroxyl groups is 2. The topological polar surface area (TPSA) is 386 Å². The number of urea groups is 2. The van der Waals surface area contributed by atoms with Gasteiger partial charge in [0.25, 0.3) is 20.2 Å². The minimum atomic E-state index is -4.00. The molecule has 0 unspecified atom stereocenters. The molecule has 0 saturated heterocycles. The zero-order valence-electron chi connectivity index (χ0n) is 60.0. The molecule has 0 aliphatic heterocycles. The van der Waals surface area contributed by atoms with Gasteiger partial charge in [-0.05, 0) is 186 Å². The second-order valence-corrected chi connectivity index (χ2v) is 24.6. The molecule has 0 aliphatic rings. The van der Waals surface area contributed by atoms with Crippen molar-refractivity contribution < 1.29 is 65.1 Å². The van der Waals surface area contributed by atoms with E-state index in [4.69, 9.17) is 14.2 Å². The van der Waals surface area contributed by atoms with Gasteiger partial charge in [0.05, 0.1) is 65.0 Å². The Kier molecular flexibility index (Phi) is 40.0. The predicted molar refractivity (Wildman–Crippen MR) is 414 cm³/mol. The smallest absolute Gasteiger partial charge is 0.341 e. The molecule has 28 heteroatoms. The molecule has 0 fully saturated rings. The third-order valence-electron chi connectivity index (χ3n) is 13.0. The Morgan fingerprint density at radius 3 is 1.04 bits per heavy atom. The van der Waals surface area contributed by atoms with E-state index in [0.29, 0.717) is 50.9 Å². The number of rotatable bonds is 17. The summed E-state index contributed by atoms with van der Waals surface area (Å²) in [6.07, 6.45) is 0. The van der Waals surface area contributed by atoms with E-state index in [1.54, 1.807) is 99.1 Å². The number of azo groups is 4. The van der Waals surface area contributed by atoms with Crippen LogP contribution in [0.4, 0.5) is 77.8 Å². The summed E-state index contributed by atoms with van der Waals surface area (Å²) in [6.45, 7) is 13.1. The van der Waals surface area contributed by atoms with E-state index in [1.165, 1.54) is 37.8 Å². The summed E-state index contributed by atoms with van der Waals surface area (Å²) < 4.78 is 66.0. The number of aryl methyl sites for hydroxylation is 4. The molecular weight excluding hydrogens is 1380 g/mol. The molecule has 0 bridgehead atoms. The first kappa shape index (κ1) is 87.3. The number of ether oxygens (including phenoxy) is 2. The largest absolute Gasteiger partial charge is 0.507 e. The van der Waals surface area contributed by atoms with Crippen molar-refractivity contribution in [2.45, 2.75) is 60.8 Å². The van der Waals surface area contributed by atoms with Crippen molar-refractivity contribution in [2.24, 2.45) is 40.9 Å². The number of phenolic OH excluding ortho intramolecular Hbond substituents is 1. The number of hydrogen-bond donors (Lipinski definition) is 9. The van der Waals surface area contributed by atoms with Crippen LogP contribution in [0.15, 0.2) is 284 Å². The Morgan fingerprint density at radius 2 is 0.695 bits per heavy atom. The summed E-state index contributed by atoms with van der Waals surface area (Å²) in [5.41, 5.74) is 13.6. The quantitative estimate of drug-likeness (QED) is 0.0232. The number of anilines is 4. The van der Waals surface area contributed by atoms with Gasteiger partial charge in [-0.25, -0.2) is 14.4 Å². The number of methoxy groups -OCH3 is 2. The lowest BCUT2D eigenvalue weighted by molar-refractivity contribution is 0.0597. The first-order valence-corrected chi connectivity index (χ1v) is 35.3. The van der Waals surface area contributed by atoms with Crippen molar-refractivity contribution in [1.82, 2.24) is 0 Å². The maximum absolute atomic E-state index is 12.3. The minimum Gasteiger partial charge on any atom is -0.507 e. The number of nitrogens with one attached hydrogen (secondary N) is 4. The fourth-order valence-electron chi connectivity index (χ4n) is 7.82. The van der Waals surface area contributed by atoms with E-state index in [2.05, 4.69) is 78.6 Å². The van der Waals surface area contributed by atoms with Crippen LogP contribution >= 0.6 is 0 Å². The van der Waals surface area contributed by atoms with Crippen molar-refractivity contribution in [3.8, 4) is 5.75 Å². The third-order valence-corrected chi connectivity index (χ3v) is 14.4. The number of amides is 4. The number of carbonyl (C=O) groups excluding carboxylic acids is 3. The fraction of sp³-hybridized carbons (Fsp3) is 0.182. The molecule has 10 rings (SSSR count). The Balaban J connectivity index is 0.000000352. The van der Waals surface area contributed by atoms with Crippen LogP contribution in [0.5, 0.6) is 5.75 Å². The van der Waals surface area contributed by atoms with E-state index >= 15 is 0 Å². The maximum Gasteiger partial charge on any atom is 0.341 e. The molecule has 10 aromatic carbocycles. The molecule has 26 nitrogen and oxygen atoms in total. The molecule has 0 aliphatic carbocycles. The van der Waals surface area contributed by atoms with Gasteiger partial charge in [-0.15, -0.1) is 0 Å². The molecule has 9 N–H and O–H groups in total. The van der Waals surface area contributed by atoms with Crippen LogP contribution in [-0.2, 0) is 42.1 Å². The van der Waals surface area contributed by atoms with Crippen LogP contribution < -0.4 is 21.3 Å². The van der Waals surface area contributed by atoms with Gasteiger partial charge in [-0.2, -0.15) is 57.7 Å². The lowest BCUT2D eigenvalue weighted by atomic mass is 10.1. The molecule has 0 spiro atoms. The van der Waals surface area contributed by atoms with Crippen LogP contribution in [0, 0.1) is 27.7 Å². The van der Waals surface area contributed by atoms with Gasteiger partial charge in [0, 0.05) is 49.6 Å². The number of aliphatic hydroxyl groups excluding tert-OH is 2. The van der Waals surface area contributed by atoms with Gasteiger partial charge in [-0.1, -0.05) is 133 Å². The lowest BCUT2D eigenvalue weighted by Crippen LogP contribution is -2.20. The number of hydrogen-bond acceptors (Lipinski definition) is 20. The molecule has 0 heterocycles. The van der Waals surface area contributed by atoms with Crippen molar-refractivity contribution in [3.63, 3.8) is 0 Å². The van der Waals surface area contributed by atoms with Crippen LogP contribution in [0.25, 0.3) is 0 Å². The zero-order valence-corrected chi connectivity index (χ0v) is 61.7. The molecule has 105 heavy (non-hydrogen) atoms. The molecule has 0 saturated carbocycles. The number of aromatic hydroxyl groups is 1. The van der Waals surface area contributed by atoms with Crippen LogP contribution in [0.2, 0.25) is 0 Å². The normalized spacial score (nSPS) is 10.5. The monoisotopic (exact) mass is 1470 g/mol. The highest BCUT2D eigenvalue weighted by atomic mass is 32.2. The van der Waals surface area contributed by atoms with Crippen molar-refractivity contribution in [1.29, 1.82) is 0 Å². The second-order valence-electron chi connectivity index (χ2n) is 21.4. The summed E-state index contributed by atoms with van der Waals surface area (Å²) >= 11 is 0. The van der Waals surface area contributed by atoms with Crippen molar-refractivity contribution in [2.75, 3.05) is 55.5 Å². The van der Waals surface area contributed by atoms with E-state index < -0.39 is 38.0 Å². The Morgan fingerprint density at radius 1 is 0.400 bits per heavy atom. The average molecular weight is 1470 g/mol. The van der Waals surface area contributed by atoms with Gasteiger partial charge in [-0.3, -0.25) is 9.11 Å². The second kappa shape index (κ2) is 48.1. The van der Waals surface area contributed by atoms with Crippen molar-refractivity contribution >= 4 is 107 Å². The average Bonchev–Trinajstić information content (AvgIpc) is 0.857. The van der Waals surface area contributed by atoms with E-state index in [9.17, 15) is 41.4 Å². The van der Waals surface area contributed by atoms with Gasteiger partial charge in [0.1, 0.15) is 17.1 Å². The Labute approximate surface area is 613 Å². The molecule has 0 atom stereocenters. The van der Waals surface area contributed by atoms with E-state index in [-0.39, 0.29) is 29.7 Å². The van der Waals surface area contributed by atoms with Crippen molar-refractivity contribution in [3.05, 3.63) is 282 Å². The van der Waals surface area contributed by atoms with E-state index in [0.717, 1.165) is 52.2 Å². The number of phenols is 1. The summed E-state index contributed by atoms with van der Waals surface area (Å²) in [4.78, 5) is 35.9. The Hall–Kier alpha value is -11.9. The van der Waals surface area contributed by atoms with E-state index in [1.807, 2.05) is 174 Å². The first-order valence-electron chi connectivity index (χ1n) is 32.1. The SMILES string of the molecule is CC.CCS(=O)(=O)O.CO.COC.COC(=O)c1cc(N=Nc2ccc(NC(=O)Nc3ccc(C)cc3CO)cc2)ccc1O.Cc1ccc(N=Nc2ccc(CS(=O)(=O)O)cc2)cc1.Cc1ccc(N=Nc2ccccc2)cc1.Cc1ccc(NC(=O)Nc2ccc(N=Nc3ccccc3)cc2)cc1. The number of carbonyl (C=O) groups is 3.